The molecule has 0 aliphatic heterocycles. The van der Waals surface area contributed by atoms with Gasteiger partial charge in [-0.15, -0.1) is 0 Å². The van der Waals surface area contributed by atoms with Gasteiger partial charge in [0.1, 0.15) is 17.2 Å². The lowest BCUT2D eigenvalue weighted by molar-refractivity contribution is -0.118. The summed E-state index contributed by atoms with van der Waals surface area (Å²) in [6.07, 6.45) is 0. The van der Waals surface area contributed by atoms with Gasteiger partial charge in [0.15, 0.2) is 6.61 Å². The van der Waals surface area contributed by atoms with Gasteiger partial charge < -0.3 is 19.5 Å². The molecule has 140 valence electrons. The molecule has 0 saturated carbocycles. The molecule has 1 amide bonds. The summed E-state index contributed by atoms with van der Waals surface area (Å²) in [6, 6.07) is 11.2. The Morgan fingerprint density at radius 2 is 1.69 bits per heavy atom. The Morgan fingerprint density at radius 1 is 1.04 bits per heavy atom. The second kappa shape index (κ2) is 8.45. The number of rotatable bonds is 6. The number of para-hydroxylation sites is 1. The number of benzene rings is 2. The van der Waals surface area contributed by atoms with E-state index < -0.39 is 0 Å². The van der Waals surface area contributed by atoms with E-state index in [1.165, 1.54) is 0 Å². The molecule has 26 heavy (non-hydrogen) atoms. The standard InChI is InChI=1S/C20H24BrNO4/c1-20(2,3)13-8-6-7-9-16(13)26-12-19(23)22-15-11-17(24-4)14(21)10-18(15)25-5/h6-11H,12H2,1-5H3,(H,22,23). The normalized spacial score (nSPS) is 11.0. The van der Waals surface area contributed by atoms with Crippen molar-refractivity contribution in [3.63, 3.8) is 0 Å². The van der Waals surface area contributed by atoms with Gasteiger partial charge in [0.05, 0.1) is 24.4 Å². The first-order chi connectivity index (χ1) is 12.3. The summed E-state index contributed by atoms with van der Waals surface area (Å²) in [6.45, 7) is 6.21. The van der Waals surface area contributed by atoms with Crippen LogP contribution in [0.5, 0.6) is 17.2 Å². The minimum Gasteiger partial charge on any atom is -0.495 e. The van der Waals surface area contributed by atoms with Crippen LogP contribution >= 0.6 is 15.9 Å². The molecule has 0 aliphatic carbocycles. The highest BCUT2D eigenvalue weighted by molar-refractivity contribution is 9.10. The minimum atomic E-state index is -0.281. The molecule has 0 saturated heterocycles. The highest BCUT2D eigenvalue weighted by atomic mass is 79.9. The Kier molecular flexibility index (Phi) is 6.53. The SMILES string of the molecule is COc1cc(NC(=O)COc2ccccc2C(C)(C)C)c(OC)cc1Br. The van der Waals surface area contributed by atoms with Crippen molar-refractivity contribution in [3.8, 4) is 17.2 Å². The van der Waals surface area contributed by atoms with Crippen molar-refractivity contribution < 1.29 is 19.0 Å². The fourth-order valence-electron chi connectivity index (χ4n) is 2.50. The first kappa shape index (κ1) is 20.1. The van der Waals surface area contributed by atoms with Gasteiger partial charge in [0.25, 0.3) is 5.91 Å². The molecule has 0 aliphatic rings. The van der Waals surface area contributed by atoms with E-state index in [0.717, 1.165) is 10.0 Å². The number of ether oxygens (including phenoxy) is 3. The maximum absolute atomic E-state index is 12.4. The topological polar surface area (TPSA) is 56.8 Å². The van der Waals surface area contributed by atoms with E-state index in [1.807, 2.05) is 24.3 Å². The van der Waals surface area contributed by atoms with E-state index in [-0.39, 0.29) is 17.9 Å². The molecule has 0 radical (unpaired) electrons. The number of hydrogen-bond acceptors (Lipinski definition) is 4. The Morgan fingerprint density at radius 3 is 2.31 bits per heavy atom. The molecule has 1 N–H and O–H groups in total. The van der Waals surface area contributed by atoms with E-state index >= 15 is 0 Å². The Hall–Kier alpha value is -2.21. The quantitative estimate of drug-likeness (QED) is 0.728. The largest absolute Gasteiger partial charge is 0.495 e. The van der Waals surface area contributed by atoms with Crippen molar-refractivity contribution in [2.24, 2.45) is 0 Å². The molecule has 2 aromatic carbocycles. The maximum atomic E-state index is 12.4. The molecule has 0 fully saturated rings. The van der Waals surface area contributed by atoms with Crippen LogP contribution in [0.15, 0.2) is 40.9 Å². The third-order valence-electron chi connectivity index (χ3n) is 3.80. The van der Waals surface area contributed by atoms with Crippen LogP contribution in [0.1, 0.15) is 26.3 Å². The van der Waals surface area contributed by atoms with Crippen molar-refractivity contribution in [3.05, 3.63) is 46.4 Å². The molecule has 6 heteroatoms. The third-order valence-corrected chi connectivity index (χ3v) is 4.42. The number of carbonyl (C=O) groups excluding carboxylic acids is 1. The molecule has 0 spiro atoms. The molecule has 0 aromatic heterocycles. The lowest BCUT2D eigenvalue weighted by atomic mass is 9.86. The zero-order valence-corrected chi connectivity index (χ0v) is 17.3. The summed E-state index contributed by atoms with van der Waals surface area (Å²) in [5, 5.41) is 2.80. The number of anilines is 1. The van der Waals surface area contributed by atoms with Gasteiger partial charge in [-0.3, -0.25) is 4.79 Å². The lowest BCUT2D eigenvalue weighted by Crippen LogP contribution is -2.22. The molecular formula is C20H24BrNO4. The van der Waals surface area contributed by atoms with Gasteiger partial charge in [0, 0.05) is 12.1 Å². The van der Waals surface area contributed by atoms with Crippen LogP contribution in [0.3, 0.4) is 0 Å². The van der Waals surface area contributed by atoms with Gasteiger partial charge in [0.2, 0.25) is 0 Å². The number of hydrogen-bond donors (Lipinski definition) is 1. The second-order valence-electron chi connectivity index (χ2n) is 6.77. The first-order valence-electron chi connectivity index (χ1n) is 8.20. The van der Waals surface area contributed by atoms with Gasteiger partial charge in [-0.2, -0.15) is 0 Å². The fraction of sp³-hybridized carbons (Fsp3) is 0.350. The van der Waals surface area contributed by atoms with E-state index in [2.05, 4.69) is 42.0 Å². The summed E-state index contributed by atoms with van der Waals surface area (Å²) in [4.78, 5) is 12.4. The number of nitrogens with one attached hydrogen (secondary N) is 1. The maximum Gasteiger partial charge on any atom is 0.262 e. The number of amides is 1. The van der Waals surface area contributed by atoms with Gasteiger partial charge in [-0.1, -0.05) is 39.0 Å². The van der Waals surface area contributed by atoms with E-state index in [1.54, 1.807) is 26.4 Å². The van der Waals surface area contributed by atoms with Crippen LogP contribution in [0.2, 0.25) is 0 Å². The van der Waals surface area contributed by atoms with Gasteiger partial charge in [-0.05, 0) is 33.0 Å². The Balaban J connectivity index is 2.11. The van der Waals surface area contributed by atoms with Crippen LogP contribution in [0.4, 0.5) is 5.69 Å². The van der Waals surface area contributed by atoms with Crippen molar-refractivity contribution in [1.82, 2.24) is 0 Å². The van der Waals surface area contributed by atoms with Gasteiger partial charge >= 0.3 is 0 Å². The number of methoxy groups -OCH3 is 2. The second-order valence-corrected chi connectivity index (χ2v) is 7.62. The lowest BCUT2D eigenvalue weighted by Gasteiger charge is -2.22. The summed E-state index contributed by atoms with van der Waals surface area (Å²) >= 11 is 3.39. The summed E-state index contributed by atoms with van der Waals surface area (Å²) in [5.41, 5.74) is 1.50. The van der Waals surface area contributed by atoms with E-state index in [0.29, 0.717) is 22.9 Å². The van der Waals surface area contributed by atoms with Crippen LogP contribution in [-0.2, 0) is 10.2 Å². The molecule has 0 heterocycles. The summed E-state index contributed by atoms with van der Waals surface area (Å²) < 4.78 is 17.1. The van der Waals surface area contributed by atoms with Crippen molar-refractivity contribution in [2.45, 2.75) is 26.2 Å². The summed E-state index contributed by atoms with van der Waals surface area (Å²) in [7, 11) is 3.10. The van der Waals surface area contributed by atoms with Gasteiger partial charge in [-0.25, -0.2) is 0 Å². The monoisotopic (exact) mass is 421 g/mol. The molecule has 0 atom stereocenters. The smallest absolute Gasteiger partial charge is 0.262 e. The van der Waals surface area contributed by atoms with E-state index in [4.69, 9.17) is 14.2 Å². The predicted molar refractivity (Wildman–Crippen MR) is 107 cm³/mol. The fourth-order valence-corrected chi connectivity index (χ4v) is 2.98. The Labute approximate surface area is 162 Å². The summed E-state index contributed by atoms with van der Waals surface area (Å²) in [5.74, 6) is 1.55. The highest BCUT2D eigenvalue weighted by Gasteiger charge is 2.19. The zero-order chi connectivity index (χ0) is 19.3. The van der Waals surface area contributed by atoms with Crippen molar-refractivity contribution in [2.75, 3.05) is 26.1 Å². The van der Waals surface area contributed by atoms with Crippen LogP contribution < -0.4 is 19.5 Å². The molecule has 2 rings (SSSR count). The van der Waals surface area contributed by atoms with Crippen LogP contribution in [-0.4, -0.2) is 26.7 Å². The average Bonchev–Trinajstić information content (AvgIpc) is 2.60. The molecule has 0 bridgehead atoms. The zero-order valence-electron chi connectivity index (χ0n) is 15.7. The molecule has 2 aromatic rings. The van der Waals surface area contributed by atoms with Crippen molar-refractivity contribution in [1.29, 1.82) is 0 Å². The van der Waals surface area contributed by atoms with Crippen LogP contribution in [0.25, 0.3) is 0 Å². The molecular weight excluding hydrogens is 398 g/mol. The Bertz CT molecular complexity index is 784. The first-order valence-corrected chi connectivity index (χ1v) is 8.99. The molecule has 5 nitrogen and oxygen atoms in total. The third kappa shape index (κ3) is 4.91. The average molecular weight is 422 g/mol. The number of halogens is 1. The minimum absolute atomic E-state index is 0.0740. The van der Waals surface area contributed by atoms with E-state index in [9.17, 15) is 4.79 Å². The van der Waals surface area contributed by atoms with Crippen molar-refractivity contribution >= 4 is 27.5 Å². The molecule has 0 unspecified atom stereocenters. The van der Waals surface area contributed by atoms with Crippen LogP contribution in [0, 0.1) is 0 Å². The number of carbonyl (C=O) groups is 1. The predicted octanol–water partition coefficient (Wildman–Crippen LogP) is 4.78. The highest BCUT2D eigenvalue weighted by Crippen LogP contribution is 2.36.